The zero-order chi connectivity index (χ0) is 22.8. The molecule has 33 heavy (non-hydrogen) atoms. The van der Waals surface area contributed by atoms with Gasteiger partial charge in [0.1, 0.15) is 30.3 Å². The van der Waals surface area contributed by atoms with Gasteiger partial charge in [-0.2, -0.15) is 5.10 Å². The van der Waals surface area contributed by atoms with Gasteiger partial charge in [-0.3, -0.25) is 0 Å². The molecule has 0 spiro atoms. The second-order valence-corrected chi connectivity index (χ2v) is 8.36. The molecule has 0 aliphatic carbocycles. The topological polar surface area (TPSA) is 87.3 Å². The lowest BCUT2D eigenvalue weighted by Crippen LogP contribution is -2.42. The lowest BCUT2D eigenvalue weighted by molar-refractivity contribution is 0.0516. The first-order chi connectivity index (χ1) is 16.1. The second kappa shape index (κ2) is 8.93. The number of nitrogens with zero attached hydrogens (tertiary/aromatic N) is 6. The Bertz CT molecular complexity index is 1230. The molecule has 0 N–H and O–H groups in total. The molecule has 3 aromatic heterocycles. The lowest BCUT2D eigenvalue weighted by Gasteiger charge is -2.31. The molecule has 1 amide bonds. The summed E-state index contributed by atoms with van der Waals surface area (Å²) in [5.74, 6) is 1.55. The molecule has 9 heteroatoms. The molecule has 4 aromatic rings. The normalized spacial score (nSPS) is 14.7. The molecule has 4 heterocycles. The van der Waals surface area contributed by atoms with Crippen LogP contribution in [-0.4, -0.2) is 60.6 Å². The number of carbonyl (C=O) groups excluding carboxylic acids is 1. The Kier molecular flexibility index (Phi) is 5.68. The Hall–Kier alpha value is -3.88. The fourth-order valence-electron chi connectivity index (χ4n) is 4.02. The number of rotatable bonds is 5. The molecular weight excluding hydrogens is 420 g/mol. The average molecular weight is 447 g/mol. The van der Waals surface area contributed by atoms with Gasteiger partial charge in [-0.15, -0.1) is 0 Å². The number of ether oxygens (including phenoxy) is 2. The van der Waals surface area contributed by atoms with E-state index in [-0.39, 0.29) is 18.3 Å². The van der Waals surface area contributed by atoms with Gasteiger partial charge in [-0.05, 0) is 50.2 Å². The van der Waals surface area contributed by atoms with Crippen LogP contribution in [0.5, 0.6) is 5.75 Å². The zero-order valence-corrected chi connectivity index (χ0v) is 18.7. The second-order valence-electron chi connectivity index (χ2n) is 8.36. The maximum absolute atomic E-state index is 12.0. The Labute approximate surface area is 191 Å². The summed E-state index contributed by atoms with van der Waals surface area (Å²) < 4.78 is 15.2. The van der Waals surface area contributed by atoms with Crippen molar-refractivity contribution in [1.29, 1.82) is 0 Å². The van der Waals surface area contributed by atoms with Crippen LogP contribution in [0.3, 0.4) is 0 Å². The largest absolute Gasteiger partial charge is 0.489 e. The van der Waals surface area contributed by atoms with Gasteiger partial charge < -0.3 is 18.9 Å². The fourth-order valence-corrected chi connectivity index (χ4v) is 4.02. The van der Waals surface area contributed by atoms with Crippen molar-refractivity contribution in [3.05, 3.63) is 61.4 Å². The molecule has 0 unspecified atom stereocenters. The Morgan fingerprint density at radius 3 is 2.67 bits per heavy atom. The molecule has 170 valence electrons. The van der Waals surface area contributed by atoms with Gasteiger partial charge in [0.2, 0.25) is 0 Å². The summed E-state index contributed by atoms with van der Waals surface area (Å²) in [5, 5.41) is 5.28. The smallest absolute Gasteiger partial charge is 0.410 e. The summed E-state index contributed by atoms with van der Waals surface area (Å²) in [7, 11) is 0. The quantitative estimate of drug-likeness (QED) is 0.461. The predicted octanol–water partition coefficient (Wildman–Crippen LogP) is 3.99. The van der Waals surface area contributed by atoms with Crippen LogP contribution >= 0.6 is 0 Å². The Balaban J connectivity index is 1.23. The molecular formula is C24H26N6O3. The maximum atomic E-state index is 12.0. The van der Waals surface area contributed by atoms with E-state index in [0.717, 1.165) is 41.0 Å². The molecule has 0 radical (unpaired) electrons. The molecule has 1 saturated heterocycles. The van der Waals surface area contributed by atoms with Gasteiger partial charge in [0.25, 0.3) is 0 Å². The highest BCUT2D eigenvalue weighted by atomic mass is 16.6. The third-order valence-corrected chi connectivity index (χ3v) is 5.66. The standard InChI is InChI=1S/C24H26N6O3/c1-17(2)32-24(31)28-10-8-20(9-11-28)33-21-4-6-23(26-14-21)29-12-7-18-13-19(3-5-22(18)29)30-16-25-15-27-30/h3-7,12-17,20H,8-11H2,1-2H3. The molecule has 9 nitrogen and oxygen atoms in total. The van der Waals surface area contributed by atoms with Gasteiger partial charge >= 0.3 is 6.09 Å². The molecule has 0 atom stereocenters. The van der Waals surface area contributed by atoms with E-state index in [1.54, 1.807) is 22.1 Å². The third kappa shape index (κ3) is 4.52. The highest BCUT2D eigenvalue weighted by Gasteiger charge is 2.25. The van der Waals surface area contributed by atoms with Gasteiger partial charge in [0, 0.05) is 37.5 Å². The van der Waals surface area contributed by atoms with Gasteiger partial charge in [-0.1, -0.05) is 0 Å². The van der Waals surface area contributed by atoms with Gasteiger partial charge in [-0.25, -0.2) is 19.4 Å². The van der Waals surface area contributed by atoms with Crippen molar-refractivity contribution in [1.82, 2.24) is 29.2 Å². The summed E-state index contributed by atoms with van der Waals surface area (Å²) in [6.45, 7) is 4.98. The van der Waals surface area contributed by atoms with Crippen molar-refractivity contribution < 1.29 is 14.3 Å². The molecule has 1 aliphatic rings. The van der Waals surface area contributed by atoms with Crippen LogP contribution in [0.15, 0.2) is 61.4 Å². The SMILES string of the molecule is CC(C)OC(=O)N1CCC(Oc2ccc(-n3ccc4cc(-n5cncn5)ccc43)nc2)CC1. The predicted molar refractivity (Wildman–Crippen MR) is 123 cm³/mol. The number of hydrogen-bond donors (Lipinski definition) is 0. The first-order valence-corrected chi connectivity index (χ1v) is 11.1. The number of hydrogen-bond acceptors (Lipinski definition) is 6. The van der Waals surface area contributed by atoms with Crippen LogP contribution in [0, 0.1) is 0 Å². The number of carbonyl (C=O) groups is 1. The molecule has 0 saturated carbocycles. The van der Waals surface area contributed by atoms with E-state index in [1.807, 2.05) is 42.8 Å². The fraction of sp³-hybridized carbons (Fsp3) is 0.333. The van der Waals surface area contributed by atoms with Gasteiger partial charge in [0.05, 0.1) is 23.5 Å². The van der Waals surface area contributed by atoms with Crippen LogP contribution in [0.25, 0.3) is 22.4 Å². The number of aromatic nitrogens is 5. The number of fused-ring (bicyclic) bond motifs is 1. The minimum absolute atomic E-state index is 0.0587. The summed E-state index contributed by atoms with van der Waals surface area (Å²) in [6.07, 6.45) is 8.20. The van der Waals surface area contributed by atoms with Gasteiger partial charge in [0.15, 0.2) is 0 Å². The van der Waals surface area contributed by atoms with Crippen LogP contribution in [0.4, 0.5) is 4.79 Å². The van der Waals surface area contributed by atoms with E-state index in [1.165, 1.54) is 6.33 Å². The number of benzene rings is 1. The number of likely N-dealkylation sites (tertiary alicyclic amines) is 1. The zero-order valence-electron chi connectivity index (χ0n) is 18.7. The van der Waals surface area contributed by atoms with E-state index >= 15 is 0 Å². The molecule has 1 aromatic carbocycles. The summed E-state index contributed by atoms with van der Waals surface area (Å²) in [6, 6.07) is 12.1. The Morgan fingerprint density at radius 1 is 1.12 bits per heavy atom. The minimum Gasteiger partial charge on any atom is -0.489 e. The maximum Gasteiger partial charge on any atom is 0.410 e. The summed E-state index contributed by atoms with van der Waals surface area (Å²) in [5.41, 5.74) is 2.01. The van der Waals surface area contributed by atoms with E-state index in [0.29, 0.717) is 13.1 Å². The monoisotopic (exact) mass is 446 g/mol. The van der Waals surface area contributed by atoms with Crippen molar-refractivity contribution in [3.63, 3.8) is 0 Å². The summed E-state index contributed by atoms with van der Waals surface area (Å²) in [4.78, 5) is 22.4. The highest BCUT2D eigenvalue weighted by Crippen LogP contribution is 2.24. The van der Waals surface area contributed by atoms with Crippen molar-refractivity contribution in [2.24, 2.45) is 0 Å². The Morgan fingerprint density at radius 2 is 1.97 bits per heavy atom. The van der Waals surface area contributed by atoms with Crippen LogP contribution < -0.4 is 4.74 Å². The first kappa shape index (κ1) is 21.0. The van der Waals surface area contributed by atoms with Crippen LogP contribution in [-0.2, 0) is 4.74 Å². The molecule has 0 bridgehead atoms. The molecule has 5 rings (SSSR count). The number of pyridine rings is 1. The lowest BCUT2D eigenvalue weighted by atomic mass is 10.1. The van der Waals surface area contributed by atoms with Crippen molar-refractivity contribution in [2.45, 2.75) is 38.9 Å². The van der Waals surface area contributed by atoms with E-state index < -0.39 is 0 Å². The van der Waals surface area contributed by atoms with Crippen molar-refractivity contribution >= 4 is 17.0 Å². The van der Waals surface area contributed by atoms with Crippen molar-refractivity contribution in [3.8, 4) is 17.3 Å². The number of piperidine rings is 1. The summed E-state index contributed by atoms with van der Waals surface area (Å²) >= 11 is 0. The number of amides is 1. The van der Waals surface area contributed by atoms with Crippen LogP contribution in [0.1, 0.15) is 26.7 Å². The van der Waals surface area contributed by atoms with E-state index in [9.17, 15) is 4.79 Å². The molecule has 1 aliphatic heterocycles. The van der Waals surface area contributed by atoms with Crippen LogP contribution in [0.2, 0.25) is 0 Å². The van der Waals surface area contributed by atoms with E-state index in [4.69, 9.17) is 9.47 Å². The average Bonchev–Trinajstić information content (AvgIpc) is 3.50. The first-order valence-electron chi connectivity index (χ1n) is 11.1. The third-order valence-electron chi connectivity index (χ3n) is 5.66. The highest BCUT2D eigenvalue weighted by molar-refractivity contribution is 5.83. The minimum atomic E-state index is -0.248. The van der Waals surface area contributed by atoms with E-state index in [2.05, 4.69) is 33.3 Å². The van der Waals surface area contributed by atoms with Crippen molar-refractivity contribution in [2.75, 3.05) is 13.1 Å². The molecule has 1 fully saturated rings.